The van der Waals surface area contributed by atoms with E-state index in [1.807, 2.05) is 0 Å². The third kappa shape index (κ3) is 14.1. The predicted octanol–water partition coefficient (Wildman–Crippen LogP) is 4.69. The van der Waals surface area contributed by atoms with Crippen molar-refractivity contribution in [3.8, 4) is 0 Å². The molecule has 0 aliphatic heterocycles. The van der Waals surface area contributed by atoms with Crippen molar-refractivity contribution < 1.29 is 16.9 Å². The fraction of sp³-hybridized carbons (Fsp3) is 0.960. The molecule has 0 radical (unpaired) electrons. The molecule has 0 N–H and O–H groups in total. The number of rotatable bonds is 18. The Morgan fingerprint density at radius 2 is 0.967 bits per heavy atom. The second-order valence-corrected chi connectivity index (χ2v) is 8.61. The van der Waals surface area contributed by atoms with Gasteiger partial charge in [0.15, 0.2) is 0 Å². The number of nitrogens with zero attached hydrogens (tertiary/aromatic N) is 3. The van der Waals surface area contributed by atoms with Gasteiger partial charge in [-0.05, 0) is 38.5 Å². The summed E-state index contributed by atoms with van der Waals surface area (Å²) >= 11 is 0. The molecule has 0 spiro atoms. The first-order chi connectivity index (χ1) is 13.7. The van der Waals surface area contributed by atoms with Gasteiger partial charge in [0.2, 0.25) is 0 Å². The molecule has 0 atom stereocenters. The molecule has 0 saturated heterocycles. The standard InChI is InChI=1S/C25H54N3.2ClH/c1-7-13-19-26-25(27(20-14-8-2)21-15-9-3)28(22-16-10-4,23-17-11-5)24-18-12-6;;/h7-24H2,1-6H3;2*1H/q+1;;/p-1/b26-25+;;. The van der Waals surface area contributed by atoms with Crippen molar-refractivity contribution in [2.75, 3.05) is 39.3 Å². The first-order valence-corrected chi connectivity index (χ1v) is 12.8. The number of aliphatic imine (C=N–C) groups is 1. The summed E-state index contributed by atoms with van der Waals surface area (Å²) in [5.74, 6) is 1.45. The molecule has 0 aliphatic rings. The zero-order chi connectivity index (χ0) is 21.1. The molecule has 5 heteroatoms. The summed E-state index contributed by atoms with van der Waals surface area (Å²) in [4.78, 5) is 8.08. The first kappa shape index (κ1) is 34.6. The molecule has 0 amide bonds. The van der Waals surface area contributed by atoms with E-state index in [4.69, 9.17) is 4.99 Å². The lowest BCUT2D eigenvalue weighted by molar-refractivity contribution is -0.848. The minimum absolute atomic E-state index is 0. The summed E-state index contributed by atoms with van der Waals surface area (Å²) in [6.07, 6.45) is 15.3. The molecular weight excluding hydrogens is 413 g/mol. The highest BCUT2D eigenvalue weighted by atomic mass is 35.5. The predicted molar refractivity (Wildman–Crippen MR) is 135 cm³/mol. The molecule has 0 bridgehead atoms. The molecule has 0 heterocycles. The van der Waals surface area contributed by atoms with Gasteiger partial charge in [-0.1, -0.05) is 80.1 Å². The van der Waals surface area contributed by atoms with E-state index in [9.17, 15) is 0 Å². The third-order valence-electron chi connectivity index (χ3n) is 5.85. The monoisotopic (exact) mass is 467 g/mol. The lowest BCUT2D eigenvalue weighted by atomic mass is 10.1. The number of quaternary nitrogens is 1. The highest BCUT2D eigenvalue weighted by Gasteiger charge is 2.36. The molecule has 0 aliphatic carbocycles. The summed E-state index contributed by atoms with van der Waals surface area (Å²) in [6.45, 7) is 21.1. The number of halogens is 2. The smallest absolute Gasteiger partial charge is 0.300 e. The summed E-state index contributed by atoms with van der Waals surface area (Å²) in [6, 6.07) is 0. The van der Waals surface area contributed by atoms with Gasteiger partial charge in [-0.3, -0.25) is 4.48 Å². The van der Waals surface area contributed by atoms with Crippen molar-refractivity contribution in [3.63, 3.8) is 0 Å². The Balaban J connectivity index is -0.00000364. The highest BCUT2D eigenvalue weighted by molar-refractivity contribution is 5.85. The van der Waals surface area contributed by atoms with E-state index in [0.717, 1.165) is 11.0 Å². The van der Waals surface area contributed by atoms with Crippen LogP contribution >= 0.6 is 12.4 Å². The van der Waals surface area contributed by atoms with Crippen molar-refractivity contribution in [2.45, 2.75) is 119 Å². The van der Waals surface area contributed by atoms with Gasteiger partial charge in [0.1, 0.15) is 0 Å². The van der Waals surface area contributed by atoms with Crippen LogP contribution in [-0.2, 0) is 0 Å². The Labute approximate surface area is 202 Å². The van der Waals surface area contributed by atoms with E-state index in [0.29, 0.717) is 0 Å². The molecule has 3 nitrogen and oxygen atoms in total. The van der Waals surface area contributed by atoms with Crippen molar-refractivity contribution >= 4 is 18.4 Å². The molecular formula is C25H55Cl2N3. The van der Waals surface area contributed by atoms with Crippen molar-refractivity contribution in [2.24, 2.45) is 4.99 Å². The minimum atomic E-state index is 0. The van der Waals surface area contributed by atoms with E-state index in [-0.39, 0.29) is 24.8 Å². The van der Waals surface area contributed by atoms with Gasteiger partial charge >= 0.3 is 0 Å². The molecule has 0 aromatic heterocycles. The Morgan fingerprint density at radius 1 is 0.600 bits per heavy atom. The van der Waals surface area contributed by atoms with Crippen LogP contribution in [0.15, 0.2) is 4.99 Å². The number of hydrogen-bond acceptors (Lipinski definition) is 1. The van der Waals surface area contributed by atoms with E-state index >= 15 is 0 Å². The largest absolute Gasteiger partial charge is 1.00 e. The zero-order valence-electron chi connectivity index (χ0n) is 21.4. The normalized spacial score (nSPS) is 11.7. The Hall–Kier alpha value is 0.01000. The number of hydrogen-bond donors (Lipinski definition) is 0. The maximum Gasteiger partial charge on any atom is 0.300 e. The van der Waals surface area contributed by atoms with Crippen molar-refractivity contribution in [1.29, 1.82) is 0 Å². The van der Waals surface area contributed by atoms with Crippen LogP contribution < -0.4 is 12.4 Å². The zero-order valence-corrected chi connectivity index (χ0v) is 22.9. The van der Waals surface area contributed by atoms with Crippen molar-refractivity contribution in [1.82, 2.24) is 4.90 Å². The molecule has 184 valence electrons. The van der Waals surface area contributed by atoms with E-state index in [2.05, 4.69) is 46.4 Å². The van der Waals surface area contributed by atoms with Crippen LogP contribution in [0, 0.1) is 0 Å². The molecule has 0 aromatic carbocycles. The summed E-state index contributed by atoms with van der Waals surface area (Å²) in [7, 11) is 0. The summed E-state index contributed by atoms with van der Waals surface area (Å²) in [5, 5.41) is 0. The van der Waals surface area contributed by atoms with Gasteiger partial charge in [-0.2, -0.15) is 0 Å². The quantitative estimate of drug-likeness (QED) is 0.123. The fourth-order valence-corrected chi connectivity index (χ4v) is 3.91. The summed E-state index contributed by atoms with van der Waals surface area (Å²) < 4.78 is 1.15. The first-order valence-electron chi connectivity index (χ1n) is 12.8. The van der Waals surface area contributed by atoms with Crippen LogP contribution in [0.4, 0.5) is 0 Å². The highest BCUT2D eigenvalue weighted by Crippen LogP contribution is 2.20. The van der Waals surface area contributed by atoms with Crippen LogP contribution in [0.2, 0.25) is 0 Å². The second-order valence-electron chi connectivity index (χ2n) is 8.61. The molecule has 0 saturated carbocycles. The van der Waals surface area contributed by atoms with Gasteiger partial charge in [0.05, 0.1) is 19.6 Å². The van der Waals surface area contributed by atoms with Crippen molar-refractivity contribution in [3.05, 3.63) is 0 Å². The average molecular weight is 469 g/mol. The molecule has 0 unspecified atom stereocenters. The maximum absolute atomic E-state index is 5.37. The second kappa shape index (κ2) is 23.7. The molecule has 0 rings (SSSR count). The molecule has 30 heavy (non-hydrogen) atoms. The van der Waals surface area contributed by atoms with E-state index < -0.39 is 0 Å². The maximum atomic E-state index is 5.37. The van der Waals surface area contributed by atoms with E-state index in [1.165, 1.54) is 116 Å². The van der Waals surface area contributed by atoms with E-state index in [1.54, 1.807) is 0 Å². The van der Waals surface area contributed by atoms with Gasteiger partial charge in [0.25, 0.3) is 5.96 Å². The van der Waals surface area contributed by atoms with Gasteiger partial charge in [0, 0.05) is 19.6 Å². The number of guanidine groups is 1. The van der Waals surface area contributed by atoms with Crippen LogP contribution in [-0.4, -0.2) is 54.6 Å². The Bertz CT molecular complexity index is 346. The Kier molecular flexibility index (Phi) is 27.3. The molecule has 0 fully saturated rings. The van der Waals surface area contributed by atoms with Crippen LogP contribution in [0.5, 0.6) is 0 Å². The van der Waals surface area contributed by atoms with Gasteiger partial charge in [-0.25, -0.2) is 4.99 Å². The van der Waals surface area contributed by atoms with Gasteiger partial charge in [-0.15, -0.1) is 12.4 Å². The minimum Gasteiger partial charge on any atom is -1.00 e. The van der Waals surface area contributed by atoms with Crippen LogP contribution in [0.25, 0.3) is 0 Å². The average Bonchev–Trinajstić information content (AvgIpc) is 2.72. The fourth-order valence-electron chi connectivity index (χ4n) is 3.91. The summed E-state index contributed by atoms with van der Waals surface area (Å²) in [5.41, 5.74) is 0. The lowest BCUT2D eigenvalue weighted by Crippen LogP contribution is -3.00. The van der Waals surface area contributed by atoms with Crippen LogP contribution in [0.3, 0.4) is 0 Å². The lowest BCUT2D eigenvalue weighted by Gasteiger charge is -2.43. The SMILES string of the molecule is CCCC/N=C(\N(CCCC)CCCC)[N+](CCCC)(CCCC)CCCC.Cl.[Cl-]. The Morgan fingerprint density at radius 3 is 1.30 bits per heavy atom. The molecule has 0 aromatic rings. The van der Waals surface area contributed by atoms with Gasteiger partial charge < -0.3 is 17.3 Å². The topological polar surface area (TPSA) is 15.6 Å². The number of unbranched alkanes of at least 4 members (excludes halogenated alkanes) is 6. The van der Waals surface area contributed by atoms with Crippen LogP contribution in [0.1, 0.15) is 119 Å². The third-order valence-corrected chi connectivity index (χ3v) is 5.85.